The van der Waals surface area contributed by atoms with Crippen LogP contribution in [0.15, 0.2) is 72.8 Å². The van der Waals surface area contributed by atoms with Gasteiger partial charge in [-0.2, -0.15) is 5.26 Å². The quantitative estimate of drug-likeness (QED) is 0.437. The van der Waals surface area contributed by atoms with Crippen molar-refractivity contribution in [1.82, 2.24) is 4.90 Å². The standard InChI is InChI=1S/C29H30N4O3/c1-36-28(34)24-10-11-25(20-33-14-12-22(13-15-33)16-21-6-3-2-4-7-21)27(18-24)32-29(35)31-26-9-5-8-23(17-26)19-30/h2-11,17-18,22H,12-16,20H2,1H3,(H2,31,32,35). The van der Waals surface area contributed by atoms with Crippen molar-refractivity contribution in [1.29, 1.82) is 5.26 Å². The number of carbonyl (C=O) groups excluding carboxylic acids is 2. The van der Waals surface area contributed by atoms with Crippen molar-refractivity contribution in [2.75, 3.05) is 30.8 Å². The first-order valence-electron chi connectivity index (χ1n) is 12.1. The monoisotopic (exact) mass is 482 g/mol. The Morgan fingerprint density at radius 3 is 2.50 bits per heavy atom. The Labute approximate surface area is 211 Å². The summed E-state index contributed by atoms with van der Waals surface area (Å²) in [4.78, 5) is 27.3. The average molecular weight is 483 g/mol. The van der Waals surface area contributed by atoms with Gasteiger partial charge in [-0.3, -0.25) is 4.90 Å². The highest BCUT2D eigenvalue weighted by Crippen LogP contribution is 2.26. The number of benzene rings is 3. The van der Waals surface area contributed by atoms with E-state index in [1.807, 2.05) is 12.1 Å². The Hall–Kier alpha value is -4.15. The first-order valence-corrected chi connectivity index (χ1v) is 12.1. The van der Waals surface area contributed by atoms with Gasteiger partial charge in [-0.05, 0) is 79.7 Å². The van der Waals surface area contributed by atoms with E-state index >= 15 is 0 Å². The largest absolute Gasteiger partial charge is 0.465 e. The number of methoxy groups -OCH3 is 1. The zero-order chi connectivity index (χ0) is 25.3. The molecule has 36 heavy (non-hydrogen) atoms. The molecule has 3 aromatic carbocycles. The fourth-order valence-corrected chi connectivity index (χ4v) is 4.56. The molecule has 2 N–H and O–H groups in total. The second-order valence-corrected chi connectivity index (χ2v) is 9.04. The maximum Gasteiger partial charge on any atom is 0.337 e. The molecule has 0 atom stereocenters. The number of rotatable bonds is 7. The first kappa shape index (κ1) is 25.0. The van der Waals surface area contributed by atoms with Crippen molar-refractivity contribution >= 4 is 23.4 Å². The summed E-state index contributed by atoms with van der Waals surface area (Å²) in [7, 11) is 1.33. The lowest BCUT2D eigenvalue weighted by atomic mass is 9.90. The van der Waals surface area contributed by atoms with Crippen LogP contribution in [0.1, 0.15) is 39.9 Å². The van der Waals surface area contributed by atoms with E-state index in [9.17, 15) is 9.59 Å². The van der Waals surface area contributed by atoms with E-state index in [4.69, 9.17) is 10.00 Å². The summed E-state index contributed by atoms with van der Waals surface area (Å²) in [5.74, 6) is 0.200. The van der Waals surface area contributed by atoms with Gasteiger partial charge >= 0.3 is 12.0 Å². The molecule has 0 bridgehead atoms. The number of urea groups is 1. The van der Waals surface area contributed by atoms with Crippen LogP contribution in [0.25, 0.3) is 0 Å². The molecule has 1 aliphatic rings. The molecular formula is C29H30N4O3. The van der Waals surface area contributed by atoms with Crippen LogP contribution >= 0.6 is 0 Å². The van der Waals surface area contributed by atoms with Gasteiger partial charge in [0.1, 0.15) is 0 Å². The van der Waals surface area contributed by atoms with Gasteiger partial charge in [0.25, 0.3) is 0 Å². The molecule has 7 nitrogen and oxygen atoms in total. The predicted molar refractivity (Wildman–Crippen MR) is 140 cm³/mol. The third-order valence-corrected chi connectivity index (χ3v) is 6.50. The van der Waals surface area contributed by atoms with Crippen molar-refractivity contribution in [2.45, 2.75) is 25.8 Å². The van der Waals surface area contributed by atoms with E-state index in [1.165, 1.54) is 12.7 Å². The summed E-state index contributed by atoms with van der Waals surface area (Å²) in [6, 6.07) is 24.2. The number of likely N-dealkylation sites (tertiary alicyclic amines) is 1. The molecule has 0 aliphatic carbocycles. The predicted octanol–water partition coefficient (Wildman–Crippen LogP) is 5.44. The lowest BCUT2D eigenvalue weighted by Gasteiger charge is -2.32. The minimum atomic E-state index is -0.464. The fourth-order valence-electron chi connectivity index (χ4n) is 4.56. The normalized spacial score (nSPS) is 14.0. The van der Waals surface area contributed by atoms with Crippen molar-refractivity contribution in [3.05, 3.63) is 95.1 Å². The highest BCUT2D eigenvalue weighted by atomic mass is 16.5. The van der Waals surface area contributed by atoms with E-state index in [0.717, 1.165) is 37.9 Å². The Balaban J connectivity index is 1.42. The second-order valence-electron chi connectivity index (χ2n) is 9.04. The summed E-state index contributed by atoms with van der Waals surface area (Å²) in [6.45, 7) is 2.62. The van der Waals surface area contributed by atoms with Crippen LogP contribution in [0.5, 0.6) is 0 Å². The zero-order valence-corrected chi connectivity index (χ0v) is 20.4. The molecule has 0 unspecified atom stereocenters. The second kappa shape index (κ2) is 12.0. The average Bonchev–Trinajstić information content (AvgIpc) is 2.91. The third-order valence-electron chi connectivity index (χ3n) is 6.50. The molecule has 1 heterocycles. The number of amides is 2. The number of nitrogens with one attached hydrogen (secondary N) is 2. The molecule has 1 fully saturated rings. The molecule has 0 spiro atoms. The van der Waals surface area contributed by atoms with Crippen molar-refractivity contribution in [3.63, 3.8) is 0 Å². The summed E-state index contributed by atoms with van der Waals surface area (Å²) in [5, 5.41) is 14.7. The molecule has 7 heteroatoms. The summed E-state index contributed by atoms with van der Waals surface area (Å²) >= 11 is 0. The van der Waals surface area contributed by atoms with Crippen molar-refractivity contribution in [3.8, 4) is 6.07 Å². The van der Waals surface area contributed by atoms with Crippen molar-refractivity contribution in [2.24, 2.45) is 5.92 Å². The molecule has 0 saturated carbocycles. The smallest absolute Gasteiger partial charge is 0.337 e. The lowest BCUT2D eigenvalue weighted by Crippen LogP contribution is -2.34. The fraction of sp³-hybridized carbons (Fsp3) is 0.276. The highest BCUT2D eigenvalue weighted by molar-refractivity contribution is 6.01. The highest BCUT2D eigenvalue weighted by Gasteiger charge is 2.21. The number of esters is 1. The van der Waals surface area contributed by atoms with Gasteiger partial charge in [0.05, 0.1) is 24.3 Å². The number of carbonyl (C=O) groups is 2. The molecule has 1 aliphatic heterocycles. The molecule has 4 rings (SSSR count). The van der Waals surface area contributed by atoms with E-state index in [-0.39, 0.29) is 0 Å². The molecule has 0 aromatic heterocycles. The Morgan fingerprint density at radius 1 is 1.00 bits per heavy atom. The molecule has 3 aromatic rings. The van der Waals surface area contributed by atoms with Crippen LogP contribution < -0.4 is 10.6 Å². The van der Waals surface area contributed by atoms with E-state index < -0.39 is 12.0 Å². The first-order chi connectivity index (χ1) is 17.5. The molecule has 184 valence electrons. The number of hydrogen-bond donors (Lipinski definition) is 2. The van der Waals surface area contributed by atoms with Gasteiger partial charge in [0, 0.05) is 17.9 Å². The maximum absolute atomic E-state index is 12.8. The van der Waals surface area contributed by atoms with Gasteiger partial charge in [0.15, 0.2) is 0 Å². The number of ether oxygens (including phenoxy) is 1. The minimum Gasteiger partial charge on any atom is -0.465 e. The van der Waals surface area contributed by atoms with Gasteiger partial charge in [-0.15, -0.1) is 0 Å². The van der Waals surface area contributed by atoms with Crippen LogP contribution in [0.2, 0.25) is 0 Å². The number of piperidine rings is 1. The minimum absolute atomic E-state index is 0.365. The molecular weight excluding hydrogens is 452 g/mol. The van der Waals surface area contributed by atoms with Crippen LogP contribution in [-0.2, 0) is 17.7 Å². The molecule has 1 saturated heterocycles. The number of nitrogens with zero attached hydrogens (tertiary/aromatic N) is 2. The van der Waals surface area contributed by atoms with Crippen LogP contribution in [0.4, 0.5) is 16.2 Å². The Kier molecular flexibility index (Phi) is 8.32. The molecule has 0 radical (unpaired) electrons. The third kappa shape index (κ3) is 6.71. The van der Waals surface area contributed by atoms with Crippen LogP contribution in [-0.4, -0.2) is 37.1 Å². The number of anilines is 2. The van der Waals surface area contributed by atoms with Gasteiger partial charge < -0.3 is 15.4 Å². The van der Waals surface area contributed by atoms with Crippen LogP contribution in [0, 0.1) is 17.2 Å². The lowest BCUT2D eigenvalue weighted by molar-refractivity contribution is 0.0600. The Bertz CT molecular complexity index is 1240. The summed E-state index contributed by atoms with van der Waals surface area (Å²) in [6.07, 6.45) is 3.34. The SMILES string of the molecule is COC(=O)c1ccc(CN2CCC(Cc3ccccc3)CC2)c(NC(=O)Nc2cccc(C#N)c2)c1. The summed E-state index contributed by atoms with van der Waals surface area (Å²) < 4.78 is 4.86. The van der Waals surface area contributed by atoms with E-state index in [2.05, 4.69) is 45.9 Å². The van der Waals surface area contributed by atoms with Gasteiger partial charge in [-0.25, -0.2) is 9.59 Å². The number of nitriles is 1. The van der Waals surface area contributed by atoms with E-state index in [0.29, 0.717) is 35.0 Å². The maximum atomic E-state index is 12.8. The van der Waals surface area contributed by atoms with Gasteiger partial charge in [0.2, 0.25) is 0 Å². The number of hydrogen-bond acceptors (Lipinski definition) is 5. The summed E-state index contributed by atoms with van der Waals surface area (Å²) in [5.41, 5.74) is 4.19. The van der Waals surface area contributed by atoms with E-state index in [1.54, 1.807) is 36.4 Å². The topological polar surface area (TPSA) is 94.5 Å². The van der Waals surface area contributed by atoms with Crippen molar-refractivity contribution < 1.29 is 14.3 Å². The Morgan fingerprint density at radius 2 is 1.78 bits per heavy atom. The molecule has 2 amide bonds. The zero-order valence-electron chi connectivity index (χ0n) is 20.4. The van der Waals surface area contributed by atoms with Gasteiger partial charge in [-0.1, -0.05) is 42.5 Å². The van der Waals surface area contributed by atoms with Crippen LogP contribution in [0.3, 0.4) is 0 Å².